The summed E-state index contributed by atoms with van der Waals surface area (Å²) in [5.74, 6) is 0. The van der Waals surface area contributed by atoms with Crippen molar-refractivity contribution in [1.29, 1.82) is 0 Å². The second kappa shape index (κ2) is 14.1. The maximum absolute atomic E-state index is 2.31. The molecule has 0 aromatic heterocycles. The number of aryl methyl sites for hydroxylation is 4. The molecule has 0 fully saturated rings. The van der Waals surface area contributed by atoms with E-state index in [-0.39, 0.29) is 6.19 Å². The molecule has 0 aliphatic heterocycles. The molecule has 0 saturated heterocycles. The first-order chi connectivity index (χ1) is 20.8. The van der Waals surface area contributed by atoms with Crippen LogP contribution in [0.3, 0.4) is 0 Å². The Bertz CT molecular complexity index is 1830. The zero-order valence-corrected chi connectivity index (χ0v) is 28.3. The molecule has 0 aliphatic rings. The fourth-order valence-electron chi connectivity index (χ4n) is 5.43. The molecule has 0 nitrogen and oxygen atoms in total. The Morgan fingerprint density at radius 1 is 0.488 bits per heavy atom. The van der Waals surface area contributed by atoms with Crippen molar-refractivity contribution in [2.45, 2.75) is 34.2 Å². The van der Waals surface area contributed by atoms with E-state index >= 15 is 0 Å². The summed E-state index contributed by atoms with van der Waals surface area (Å²) >= 11 is 2.31. The Balaban J connectivity index is 0.000000135. The summed E-state index contributed by atoms with van der Waals surface area (Å²) in [5.41, 5.74) is 10.5. The molecule has 7 aromatic carbocycles. The molecule has 2 heteroatoms. The fraction of sp³-hybridized carbons (Fsp3) is 0.122. The van der Waals surface area contributed by atoms with Crippen LogP contribution in [-0.4, -0.2) is 6.19 Å². The molecule has 0 spiro atoms. The van der Waals surface area contributed by atoms with E-state index in [1.807, 2.05) is 0 Å². The van der Waals surface area contributed by atoms with Crippen LogP contribution in [0.5, 0.6) is 0 Å². The first-order valence-electron chi connectivity index (χ1n) is 14.9. The van der Waals surface area contributed by atoms with Crippen molar-refractivity contribution in [3.8, 4) is 22.3 Å². The van der Waals surface area contributed by atoms with Crippen LogP contribution in [0.1, 0.15) is 22.3 Å². The Kier molecular flexibility index (Phi) is 10.1. The number of rotatable bonds is 3. The van der Waals surface area contributed by atoms with Crippen molar-refractivity contribution in [2.24, 2.45) is 0 Å². The van der Waals surface area contributed by atoms with Crippen LogP contribution < -0.4 is 5.19 Å². The van der Waals surface area contributed by atoms with Crippen molar-refractivity contribution < 1.29 is 19.2 Å². The van der Waals surface area contributed by atoms with Crippen molar-refractivity contribution in [2.75, 3.05) is 0 Å². The minimum Gasteiger partial charge on any atom is -0.165 e. The van der Waals surface area contributed by atoms with Crippen LogP contribution in [0, 0.1) is 27.7 Å². The zero-order valence-electron chi connectivity index (χ0n) is 25.8. The summed E-state index contributed by atoms with van der Waals surface area (Å²) in [6.45, 7) is 10.9. The number of fused-ring (bicyclic) bond motifs is 2. The van der Waals surface area contributed by atoms with Gasteiger partial charge in [-0.3, -0.25) is 0 Å². The molecule has 7 aromatic rings. The second-order valence-corrected chi connectivity index (χ2v) is 16.7. The Hall–Kier alpha value is -3.75. The van der Waals surface area contributed by atoms with E-state index in [4.69, 9.17) is 0 Å². The van der Waals surface area contributed by atoms with Gasteiger partial charge in [-0.15, -0.1) is 69.1 Å². The SMILES string of the molecule is C[Si](=[Ti+2])c1ccccc1.Cc1ccc(-c2cccc3[cH-]c(C)cc23)cc1.Cc1ccc(-c2cccc3[cH-]c(C)cc23)cc1. The standard InChI is InChI=1S/2C17H15.C7H8Si.Ti/c2*1-12-6-8-14(9-7-12)16-5-3-4-15-10-13(2)11-17(15)16;1-8-7-5-3-2-4-6-7;/h2*3-11H,1-2H3;2-6H,1H3;/q2*-1;;+2. The van der Waals surface area contributed by atoms with Crippen LogP contribution in [0.4, 0.5) is 0 Å². The Morgan fingerprint density at radius 2 is 0.907 bits per heavy atom. The van der Waals surface area contributed by atoms with E-state index in [1.165, 1.54) is 71.2 Å². The summed E-state index contributed by atoms with van der Waals surface area (Å²) < 4.78 is 0. The molecule has 7 rings (SSSR count). The predicted molar refractivity (Wildman–Crippen MR) is 187 cm³/mol. The maximum atomic E-state index is 2.31. The van der Waals surface area contributed by atoms with Crippen molar-refractivity contribution in [1.82, 2.24) is 0 Å². The molecule has 0 N–H and O–H groups in total. The number of hydrogen-bond donors (Lipinski definition) is 0. The summed E-state index contributed by atoms with van der Waals surface area (Å²) in [6, 6.07) is 50.2. The number of hydrogen-bond acceptors (Lipinski definition) is 0. The monoisotopic (exact) mass is 606 g/mol. The largest absolute Gasteiger partial charge is 0.165 e. The van der Waals surface area contributed by atoms with Crippen molar-refractivity contribution >= 4 is 32.9 Å². The van der Waals surface area contributed by atoms with Gasteiger partial charge in [0.2, 0.25) is 0 Å². The third-order valence-electron chi connectivity index (χ3n) is 7.72. The average molecular weight is 607 g/mol. The van der Waals surface area contributed by atoms with Gasteiger partial charge >= 0.3 is 67.4 Å². The van der Waals surface area contributed by atoms with Crippen LogP contribution in [0.2, 0.25) is 6.55 Å². The summed E-state index contributed by atoms with van der Waals surface area (Å²) in [4.78, 5) is 0. The molecule has 0 amide bonds. The molecule has 0 bridgehead atoms. The normalized spacial score (nSPS) is 10.6. The van der Waals surface area contributed by atoms with E-state index in [2.05, 4.69) is 193 Å². The quantitative estimate of drug-likeness (QED) is 0.139. The molecule has 0 unspecified atom stereocenters. The van der Waals surface area contributed by atoms with Gasteiger partial charge in [-0.25, -0.2) is 0 Å². The summed E-state index contributed by atoms with van der Waals surface area (Å²) in [5, 5.41) is 6.89. The Labute approximate surface area is 269 Å². The third kappa shape index (κ3) is 7.81. The molecule has 0 saturated carbocycles. The molecule has 0 atom stereocenters. The van der Waals surface area contributed by atoms with Gasteiger partial charge < -0.3 is 0 Å². The van der Waals surface area contributed by atoms with Gasteiger partial charge in [0.1, 0.15) is 0 Å². The first-order valence-corrected chi connectivity index (χ1v) is 19.2. The molecular formula is C41H38SiTi. The average Bonchev–Trinajstić information content (AvgIpc) is 3.60. The van der Waals surface area contributed by atoms with Crippen LogP contribution in [0.25, 0.3) is 43.8 Å². The van der Waals surface area contributed by atoms with Crippen molar-refractivity contribution in [3.63, 3.8) is 0 Å². The zero-order chi connectivity index (χ0) is 30.3. The van der Waals surface area contributed by atoms with Gasteiger partial charge in [-0.05, 0) is 25.0 Å². The molecule has 0 radical (unpaired) electrons. The minimum absolute atomic E-state index is 0.212. The van der Waals surface area contributed by atoms with Crippen LogP contribution in [0.15, 0.2) is 140 Å². The van der Waals surface area contributed by atoms with Crippen LogP contribution in [-0.2, 0) is 19.2 Å². The van der Waals surface area contributed by atoms with Gasteiger partial charge in [0.15, 0.2) is 0 Å². The van der Waals surface area contributed by atoms with Crippen LogP contribution >= 0.6 is 0 Å². The van der Waals surface area contributed by atoms with E-state index in [0.717, 1.165) is 0 Å². The fourth-order valence-corrected chi connectivity index (χ4v) is 6.90. The topological polar surface area (TPSA) is 0 Å². The molecule has 0 heterocycles. The third-order valence-corrected chi connectivity index (χ3v) is 10.3. The van der Waals surface area contributed by atoms with Gasteiger partial charge in [-0.1, -0.05) is 96.8 Å². The molecule has 43 heavy (non-hydrogen) atoms. The predicted octanol–water partition coefficient (Wildman–Crippen LogP) is 10.7. The number of benzene rings is 5. The van der Waals surface area contributed by atoms with Gasteiger partial charge in [0, 0.05) is 0 Å². The Morgan fingerprint density at radius 3 is 1.28 bits per heavy atom. The molecule has 0 aliphatic carbocycles. The molecular weight excluding hydrogens is 568 g/mol. The maximum Gasteiger partial charge on any atom is -0.0279 e. The van der Waals surface area contributed by atoms with E-state index in [1.54, 1.807) is 0 Å². The van der Waals surface area contributed by atoms with Gasteiger partial charge in [0.05, 0.1) is 0 Å². The summed E-state index contributed by atoms with van der Waals surface area (Å²) in [6.07, 6.45) is -0.212. The summed E-state index contributed by atoms with van der Waals surface area (Å²) in [7, 11) is 0. The van der Waals surface area contributed by atoms with E-state index in [0.29, 0.717) is 0 Å². The van der Waals surface area contributed by atoms with E-state index in [9.17, 15) is 0 Å². The van der Waals surface area contributed by atoms with Gasteiger partial charge in [0.25, 0.3) is 0 Å². The van der Waals surface area contributed by atoms with Gasteiger partial charge in [-0.2, -0.15) is 12.1 Å². The first kappa shape index (κ1) is 30.7. The smallest absolute Gasteiger partial charge is 0.0279 e. The second-order valence-electron chi connectivity index (χ2n) is 11.4. The molecule has 210 valence electrons. The minimum atomic E-state index is -0.212. The van der Waals surface area contributed by atoms with E-state index < -0.39 is 0 Å². The van der Waals surface area contributed by atoms with Crippen molar-refractivity contribution in [3.05, 3.63) is 162 Å².